The molecule has 294 valence electrons. The molecule has 0 saturated carbocycles. The van der Waals surface area contributed by atoms with Crippen LogP contribution in [0.4, 0.5) is 17.1 Å². The van der Waals surface area contributed by atoms with Crippen LogP contribution in [0.5, 0.6) is 0 Å². The minimum atomic E-state index is -0.692. The van der Waals surface area contributed by atoms with Crippen molar-refractivity contribution in [3.63, 3.8) is 0 Å². The van der Waals surface area contributed by atoms with E-state index in [0.29, 0.717) is 19.3 Å². The number of hydrogen-bond donors (Lipinski definition) is 3. The third-order valence-electron chi connectivity index (χ3n) is 12.2. The second-order valence-electron chi connectivity index (χ2n) is 15.9. The van der Waals surface area contributed by atoms with E-state index in [9.17, 15) is 0 Å². The van der Waals surface area contributed by atoms with E-state index in [0.717, 1.165) is 33.8 Å². The highest BCUT2D eigenvalue weighted by Crippen LogP contribution is 2.46. The third-order valence-corrected chi connectivity index (χ3v) is 12.2. The molecule has 7 aromatic carbocycles. The Morgan fingerprint density at radius 1 is 0.300 bits per heavy atom. The number of para-hydroxylation sites is 3. The number of hydrogen-bond acceptors (Lipinski definition) is 6. The molecule has 0 aromatic heterocycles. The van der Waals surface area contributed by atoms with Crippen molar-refractivity contribution in [2.75, 3.05) is 14.7 Å². The molecule has 3 atom stereocenters. The predicted octanol–water partition coefficient (Wildman–Crippen LogP) is 10.6. The van der Waals surface area contributed by atoms with Gasteiger partial charge in [-0.25, -0.2) is 0 Å². The Morgan fingerprint density at radius 2 is 0.533 bits per heavy atom. The Kier molecular flexibility index (Phi) is 9.66. The Bertz CT molecular complexity index is 2310. The molecule has 6 nitrogen and oxygen atoms in total. The standard InChI is InChI=1S/C54H48N6/c1-7-19-43(20-8-1)40-52(55-31-34-58(52)49-25-13-4-14-26-49)46-37-47(53(41-44-21-9-2-10-22-44)56-32-35-59(53)50-27-15-5-16-28-50)39-48(38-46)54(42-45-23-11-3-12-24-45)57-33-36-60(54)51-29-17-6-18-30-51/h1-39,55-57H,40-42H2. The lowest BCUT2D eigenvalue weighted by atomic mass is 9.80. The summed E-state index contributed by atoms with van der Waals surface area (Å²) in [6, 6.07) is 72.1. The van der Waals surface area contributed by atoms with E-state index >= 15 is 0 Å². The minimum Gasteiger partial charge on any atom is -0.363 e. The molecular formula is C54H48N6. The topological polar surface area (TPSA) is 45.8 Å². The molecule has 3 aliphatic heterocycles. The van der Waals surface area contributed by atoms with Gasteiger partial charge in [0.15, 0.2) is 0 Å². The number of anilines is 3. The van der Waals surface area contributed by atoms with Crippen molar-refractivity contribution in [1.29, 1.82) is 0 Å². The van der Waals surface area contributed by atoms with Crippen LogP contribution in [-0.2, 0) is 36.3 Å². The van der Waals surface area contributed by atoms with Crippen LogP contribution in [0.15, 0.2) is 237 Å². The normalized spacial score (nSPS) is 21.5. The van der Waals surface area contributed by atoms with Gasteiger partial charge in [0.05, 0.1) is 0 Å². The fourth-order valence-corrected chi connectivity index (χ4v) is 9.42. The van der Waals surface area contributed by atoms with Crippen LogP contribution in [0, 0.1) is 0 Å². The van der Waals surface area contributed by atoms with E-state index in [1.54, 1.807) is 0 Å². The molecule has 0 bridgehead atoms. The first-order chi connectivity index (χ1) is 29.7. The molecule has 0 radical (unpaired) electrons. The van der Waals surface area contributed by atoms with E-state index in [1.165, 1.54) is 16.7 Å². The molecule has 3 aliphatic rings. The van der Waals surface area contributed by atoms with Gasteiger partial charge in [-0.3, -0.25) is 0 Å². The molecule has 0 fully saturated rings. The second-order valence-corrected chi connectivity index (χ2v) is 15.9. The summed E-state index contributed by atoms with van der Waals surface area (Å²) >= 11 is 0. The minimum absolute atomic E-state index is 0.692. The van der Waals surface area contributed by atoms with Gasteiger partial charge in [0, 0.05) is 73.5 Å². The number of nitrogens with zero attached hydrogens (tertiary/aromatic N) is 3. The van der Waals surface area contributed by atoms with Crippen molar-refractivity contribution in [2.45, 2.75) is 36.3 Å². The molecule has 0 amide bonds. The van der Waals surface area contributed by atoms with Crippen LogP contribution in [0.25, 0.3) is 0 Å². The fraction of sp³-hybridized carbons (Fsp3) is 0.111. The van der Waals surface area contributed by atoms with E-state index in [1.807, 2.05) is 0 Å². The average Bonchev–Trinajstić information content (AvgIpc) is 4.07. The van der Waals surface area contributed by atoms with Gasteiger partial charge in [-0.2, -0.15) is 0 Å². The van der Waals surface area contributed by atoms with Crippen molar-refractivity contribution in [2.24, 2.45) is 0 Å². The predicted molar refractivity (Wildman–Crippen MR) is 246 cm³/mol. The summed E-state index contributed by atoms with van der Waals surface area (Å²) in [6.07, 6.45) is 15.0. The highest BCUT2D eigenvalue weighted by molar-refractivity contribution is 5.63. The highest BCUT2D eigenvalue weighted by atomic mass is 15.4. The van der Waals surface area contributed by atoms with Crippen molar-refractivity contribution in [3.05, 3.63) is 271 Å². The quantitative estimate of drug-likeness (QED) is 0.115. The average molecular weight is 781 g/mol. The maximum atomic E-state index is 3.98. The van der Waals surface area contributed by atoms with Crippen LogP contribution < -0.4 is 30.7 Å². The Labute approximate surface area is 353 Å². The third kappa shape index (κ3) is 6.66. The lowest BCUT2D eigenvalue weighted by Gasteiger charge is -2.46. The highest BCUT2D eigenvalue weighted by Gasteiger charge is 2.48. The summed E-state index contributed by atoms with van der Waals surface area (Å²) in [5.74, 6) is 0. The van der Waals surface area contributed by atoms with E-state index in [2.05, 4.69) is 268 Å². The SMILES string of the molecule is C1=CN(c2ccccc2)C(Cc2ccccc2)(c2cc(C3(Cc4ccccc4)NC=CN3c3ccccc3)cc(C3(Cc4ccccc4)NC=CN3c3ccccc3)c2)N1. The molecule has 7 aromatic rings. The summed E-state index contributed by atoms with van der Waals surface area (Å²) in [4.78, 5) is 7.25. The van der Waals surface area contributed by atoms with Crippen LogP contribution >= 0.6 is 0 Å². The fourth-order valence-electron chi connectivity index (χ4n) is 9.42. The van der Waals surface area contributed by atoms with Crippen LogP contribution in [-0.4, -0.2) is 0 Å². The first-order valence-electron chi connectivity index (χ1n) is 20.8. The Hall–Kier alpha value is -7.44. The van der Waals surface area contributed by atoms with Crippen LogP contribution in [0.2, 0.25) is 0 Å². The van der Waals surface area contributed by atoms with Crippen LogP contribution in [0.1, 0.15) is 33.4 Å². The maximum absolute atomic E-state index is 3.98. The van der Waals surface area contributed by atoms with Gasteiger partial charge in [-0.05, 0) is 88.0 Å². The van der Waals surface area contributed by atoms with Gasteiger partial charge in [0.1, 0.15) is 17.0 Å². The maximum Gasteiger partial charge on any atom is 0.144 e. The number of nitrogens with one attached hydrogen (secondary N) is 3. The zero-order valence-corrected chi connectivity index (χ0v) is 33.5. The molecule has 3 unspecified atom stereocenters. The van der Waals surface area contributed by atoms with Gasteiger partial charge in [-0.1, -0.05) is 146 Å². The van der Waals surface area contributed by atoms with Gasteiger partial charge < -0.3 is 30.7 Å². The Balaban J connectivity index is 1.27. The number of benzene rings is 7. The van der Waals surface area contributed by atoms with Gasteiger partial charge in [0.2, 0.25) is 0 Å². The molecule has 0 saturated heterocycles. The molecule has 60 heavy (non-hydrogen) atoms. The smallest absolute Gasteiger partial charge is 0.144 e. The van der Waals surface area contributed by atoms with Gasteiger partial charge in [-0.15, -0.1) is 0 Å². The van der Waals surface area contributed by atoms with E-state index in [4.69, 9.17) is 0 Å². The molecule has 10 rings (SSSR count). The summed E-state index contributed by atoms with van der Waals surface area (Å²) in [6.45, 7) is 0. The largest absolute Gasteiger partial charge is 0.363 e. The molecule has 0 spiro atoms. The first kappa shape index (κ1) is 36.9. The van der Waals surface area contributed by atoms with Crippen molar-refractivity contribution < 1.29 is 0 Å². The summed E-state index contributed by atoms with van der Waals surface area (Å²) in [7, 11) is 0. The Morgan fingerprint density at radius 3 is 0.783 bits per heavy atom. The van der Waals surface area contributed by atoms with E-state index < -0.39 is 17.0 Å². The molecule has 3 heterocycles. The van der Waals surface area contributed by atoms with Crippen LogP contribution in [0.3, 0.4) is 0 Å². The first-order valence-corrected chi connectivity index (χ1v) is 20.8. The molecule has 0 aliphatic carbocycles. The summed E-state index contributed by atoms with van der Waals surface area (Å²) in [5, 5.41) is 11.9. The van der Waals surface area contributed by atoms with Crippen molar-refractivity contribution in [3.8, 4) is 0 Å². The summed E-state index contributed by atoms with van der Waals surface area (Å²) in [5.41, 5.74) is 8.40. The zero-order chi connectivity index (χ0) is 40.2. The zero-order valence-electron chi connectivity index (χ0n) is 33.5. The second kappa shape index (κ2) is 15.7. The number of rotatable bonds is 12. The van der Waals surface area contributed by atoms with Gasteiger partial charge in [0.25, 0.3) is 0 Å². The molecule has 3 N–H and O–H groups in total. The van der Waals surface area contributed by atoms with Gasteiger partial charge >= 0.3 is 0 Å². The monoisotopic (exact) mass is 780 g/mol. The molecular weight excluding hydrogens is 733 g/mol. The lowest BCUT2D eigenvalue weighted by Crippen LogP contribution is -2.54. The van der Waals surface area contributed by atoms with Crippen molar-refractivity contribution >= 4 is 17.1 Å². The van der Waals surface area contributed by atoms with E-state index in [-0.39, 0.29) is 0 Å². The summed E-state index contributed by atoms with van der Waals surface area (Å²) < 4.78 is 0. The lowest BCUT2D eigenvalue weighted by molar-refractivity contribution is 0.373. The van der Waals surface area contributed by atoms with Crippen molar-refractivity contribution in [1.82, 2.24) is 16.0 Å². The molecule has 6 heteroatoms.